The van der Waals surface area contributed by atoms with Crippen LogP contribution in [-0.2, 0) is 11.2 Å². The van der Waals surface area contributed by atoms with Crippen LogP contribution in [0.1, 0.15) is 46.6 Å². The van der Waals surface area contributed by atoms with Gasteiger partial charge in [-0.2, -0.15) is 0 Å². The Bertz CT molecular complexity index is 534. The number of rotatable bonds is 1. The third-order valence-electron chi connectivity index (χ3n) is 3.74. The lowest BCUT2D eigenvalue weighted by molar-refractivity contribution is 0.0550. The summed E-state index contributed by atoms with van der Waals surface area (Å²) < 4.78 is 6.69. The first kappa shape index (κ1) is 16.3. The van der Waals surface area contributed by atoms with E-state index in [1.165, 1.54) is 5.56 Å². The number of anilines is 1. The highest BCUT2D eigenvalue weighted by Crippen LogP contribution is 2.38. The number of carbonyl (C=O) groups is 1. The number of ether oxygens (including phenoxy) is 1. The highest BCUT2D eigenvalue weighted by atomic mass is 79.9. The average Bonchev–Trinajstić information content (AvgIpc) is 2.35. The molecular weight excluding hydrogens is 330 g/mol. The van der Waals surface area contributed by atoms with E-state index in [0.717, 1.165) is 23.0 Å². The zero-order chi connectivity index (χ0) is 15.8. The molecule has 1 aliphatic rings. The van der Waals surface area contributed by atoms with Gasteiger partial charge in [-0.15, -0.1) is 0 Å². The van der Waals surface area contributed by atoms with E-state index < -0.39 is 5.60 Å². The van der Waals surface area contributed by atoms with Crippen molar-refractivity contribution in [3.05, 3.63) is 28.2 Å². The first-order valence-corrected chi connectivity index (χ1v) is 8.29. The minimum absolute atomic E-state index is 0.182. The van der Waals surface area contributed by atoms with Crippen LogP contribution >= 0.6 is 15.9 Å². The summed E-state index contributed by atoms with van der Waals surface area (Å²) in [5.41, 5.74) is 1.69. The molecule has 2 rings (SSSR count). The predicted molar refractivity (Wildman–Crippen MR) is 89.8 cm³/mol. The maximum absolute atomic E-state index is 12.7. The molecule has 1 heterocycles. The van der Waals surface area contributed by atoms with Crippen molar-refractivity contribution in [2.45, 2.75) is 59.1 Å². The van der Waals surface area contributed by atoms with Crippen LogP contribution in [0.2, 0.25) is 0 Å². The summed E-state index contributed by atoms with van der Waals surface area (Å²) in [6.45, 7) is 10.0. The van der Waals surface area contributed by atoms with Gasteiger partial charge in [-0.3, -0.25) is 4.90 Å². The maximum Gasteiger partial charge on any atom is 0.415 e. The molecule has 0 aromatic heterocycles. The number of fused-ring (bicyclic) bond motifs is 1. The average molecular weight is 354 g/mol. The number of carbonyl (C=O) groups excluding carboxylic acids is 1. The van der Waals surface area contributed by atoms with Crippen LogP contribution in [0.25, 0.3) is 0 Å². The number of halogens is 1. The van der Waals surface area contributed by atoms with Crippen molar-refractivity contribution in [1.82, 2.24) is 0 Å². The van der Waals surface area contributed by atoms with E-state index in [2.05, 4.69) is 29.8 Å². The van der Waals surface area contributed by atoms with Crippen LogP contribution in [0.4, 0.5) is 10.5 Å². The van der Waals surface area contributed by atoms with E-state index in [1.807, 2.05) is 43.9 Å². The van der Waals surface area contributed by atoms with E-state index in [-0.39, 0.29) is 12.1 Å². The van der Waals surface area contributed by atoms with Crippen molar-refractivity contribution in [3.63, 3.8) is 0 Å². The fraction of sp³-hybridized carbons (Fsp3) is 0.588. The van der Waals surface area contributed by atoms with E-state index in [1.54, 1.807) is 0 Å². The topological polar surface area (TPSA) is 29.5 Å². The van der Waals surface area contributed by atoms with E-state index in [9.17, 15) is 4.79 Å². The molecule has 4 heteroatoms. The van der Waals surface area contributed by atoms with Gasteiger partial charge in [-0.1, -0.05) is 35.8 Å². The Morgan fingerprint density at radius 2 is 2.05 bits per heavy atom. The van der Waals surface area contributed by atoms with Crippen LogP contribution in [0.15, 0.2) is 22.7 Å². The summed E-state index contributed by atoms with van der Waals surface area (Å²) in [6.07, 6.45) is 1.70. The van der Waals surface area contributed by atoms with Crippen LogP contribution in [0.3, 0.4) is 0 Å². The molecule has 1 aromatic carbocycles. The van der Waals surface area contributed by atoms with Gasteiger partial charge in [0.2, 0.25) is 0 Å². The van der Waals surface area contributed by atoms with Gasteiger partial charge < -0.3 is 4.74 Å². The molecule has 0 radical (unpaired) electrons. The molecule has 1 aliphatic heterocycles. The van der Waals surface area contributed by atoms with Gasteiger partial charge in [0.25, 0.3) is 0 Å². The van der Waals surface area contributed by atoms with Crippen LogP contribution in [0.5, 0.6) is 0 Å². The highest BCUT2D eigenvalue weighted by Gasteiger charge is 2.36. The minimum atomic E-state index is -0.484. The zero-order valence-electron chi connectivity index (χ0n) is 13.4. The Morgan fingerprint density at radius 3 is 2.62 bits per heavy atom. The lowest BCUT2D eigenvalue weighted by Crippen LogP contribution is -2.48. The summed E-state index contributed by atoms with van der Waals surface area (Å²) in [4.78, 5) is 14.5. The van der Waals surface area contributed by atoms with Crippen LogP contribution in [0, 0.1) is 5.92 Å². The lowest BCUT2D eigenvalue weighted by atomic mass is 9.89. The molecule has 1 atom stereocenters. The van der Waals surface area contributed by atoms with E-state index in [4.69, 9.17) is 4.74 Å². The third kappa shape index (κ3) is 3.60. The zero-order valence-corrected chi connectivity index (χ0v) is 15.0. The second kappa shape index (κ2) is 5.99. The van der Waals surface area contributed by atoms with Gasteiger partial charge in [0, 0.05) is 10.5 Å². The van der Waals surface area contributed by atoms with Crippen molar-refractivity contribution in [3.8, 4) is 0 Å². The Kier molecular flexibility index (Phi) is 4.66. The molecule has 0 N–H and O–H groups in total. The lowest BCUT2D eigenvalue weighted by Gasteiger charge is -2.40. The van der Waals surface area contributed by atoms with Crippen LogP contribution in [-0.4, -0.2) is 17.7 Å². The quantitative estimate of drug-likeness (QED) is 0.697. The Balaban J connectivity index is 2.42. The van der Waals surface area contributed by atoms with Gasteiger partial charge >= 0.3 is 6.09 Å². The van der Waals surface area contributed by atoms with E-state index in [0.29, 0.717) is 5.92 Å². The molecule has 0 saturated carbocycles. The maximum atomic E-state index is 12.7. The van der Waals surface area contributed by atoms with Crippen LogP contribution < -0.4 is 4.90 Å². The standard InChI is InChI=1S/C17H24BrNO2/c1-11(2)14-10-9-12-13(18)7-6-8-15(12)19(14)16(20)21-17(3,4)5/h6-8,11,14H,9-10H2,1-5H3. The van der Waals surface area contributed by atoms with Crippen molar-refractivity contribution in [2.75, 3.05) is 4.90 Å². The van der Waals surface area contributed by atoms with Gasteiger partial charge in [0.15, 0.2) is 0 Å². The molecule has 3 nitrogen and oxygen atoms in total. The molecule has 0 fully saturated rings. The summed E-state index contributed by atoms with van der Waals surface area (Å²) in [6, 6.07) is 6.20. The molecule has 0 saturated heterocycles. The highest BCUT2D eigenvalue weighted by molar-refractivity contribution is 9.10. The SMILES string of the molecule is CC(C)C1CCc2c(Br)cccc2N1C(=O)OC(C)(C)C. The second-order valence-electron chi connectivity index (χ2n) is 6.94. The predicted octanol–water partition coefficient (Wildman–Crippen LogP) is 5.16. The summed E-state index contributed by atoms with van der Waals surface area (Å²) in [5.74, 6) is 0.393. The fourth-order valence-electron chi connectivity index (χ4n) is 2.80. The molecule has 1 unspecified atom stereocenters. The third-order valence-corrected chi connectivity index (χ3v) is 4.48. The number of hydrogen-bond acceptors (Lipinski definition) is 2. The van der Waals surface area contributed by atoms with Gasteiger partial charge in [-0.05, 0) is 57.2 Å². The molecule has 116 valence electrons. The number of amides is 1. The summed E-state index contributed by atoms with van der Waals surface area (Å²) in [5, 5.41) is 0. The molecule has 1 amide bonds. The summed E-state index contributed by atoms with van der Waals surface area (Å²) >= 11 is 3.60. The van der Waals surface area contributed by atoms with Crippen molar-refractivity contribution < 1.29 is 9.53 Å². The van der Waals surface area contributed by atoms with Gasteiger partial charge in [0.05, 0.1) is 5.69 Å². The van der Waals surface area contributed by atoms with Crippen molar-refractivity contribution >= 4 is 27.7 Å². The monoisotopic (exact) mass is 353 g/mol. The Labute approximate surface area is 135 Å². The van der Waals surface area contributed by atoms with Gasteiger partial charge in [-0.25, -0.2) is 4.79 Å². The first-order valence-electron chi connectivity index (χ1n) is 7.50. The molecule has 1 aromatic rings. The van der Waals surface area contributed by atoms with Crippen molar-refractivity contribution in [2.24, 2.45) is 5.92 Å². The van der Waals surface area contributed by atoms with Crippen molar-refractivity contribution in [1.29, 1.82) is 0 Å². The number of nitrogens with zero attached hydrogens (tertiary/aromatic N) is 1. The van der Waals surface area contributed by atoms with E-state index >= 15 is 0 Å². The Hall–Kier alpha value is -1.03. The second-order valence-corrected chi connectivity index (χ2v) is 7.79. The van der Waals surface area contributed by atoms with Gasteiger partial charge in [0.1, 0.15) is 5.60 Å². The molecule has 21 heavy (non-hydrogen) atoms. The minimum Gasteiger partial charge on any atom is -0.443 e. The molecule has 0 aliphatic carbocycles. The smallest absolute Gasteiger partial charge is 0.415 e. The molecule has 0 bridgehead atoms. The molecule has 0 spiro atoms. The number of benzene rings is 1. The summed E-state index contributed by atoms with van der Waals surface area (Å²) in [7, 11) is 0. The Morgan fingerprint density at radius 1 is 1.38 bits per heavy atom. The number of hydrogen-bond donors (Lipinski definition) is 0. The first-order chi connectivity index (χ1) is 9.70. The normalized spacial score (nSPS) is 18.6. The largest absolute Gasteiger partial charge is 0.443 e. The fourth-order valence-corrected chi connectivity index (χ4v) is 3.35. The molecular formula is C17H24BrNO2.